The lowest BCUT2D eigenvalue weighted by molar-refractivity contribution is -0.0182. The normalized spacial score (nSPS) is 19.5. The minimum atomic E-state index is 0.272. The zero-order valence-corrected chi connectivity index (χ0v) is 13.2. The third-order valence-electron chi connectivity index (χ3n) is 3.57. The van der Waals surface area contributed by atoms with Gasteiger partial charge in [0.1, 0.15) is 0 Å². The van der Waals surface area contributed by atoms with E-state index in [1.165, 1.54) is 5.56 Å². The molecule has 1 aliphatic rings. The highest BCUT2D eigenvalue weighted by molar-refractivity contribution is 5.42. The van der Waals surface area contributed by atoms with E-state index >= 15 is 0 Å². The Bertz CT molecular complexity index is 440. The third-order valence-corrected chi connectivity index (χ3v) is 3.57. The number of likely N-dealkylation sites (N-methyl/N-ethyl adjacent to an activating group) is 1. The zero-order chi connectivity index (χ0) is 15.1. The summed E-state index contributed by atoms with van der Waals surface area (Å²) in [6.45, 7) is 7.09. The van der Waals surface area contributed by atoms with Crippen molar-refractivity contribution in [2.24, 2.45) is 0 Å². The van der Waals surface area contributed by atoms with Crippen LogP contribution in [0.4, 0.5) is 0 Å². The number of ether oxygens (including phenoxy) is 3. The molecule has 1 aromatic rings. The van der Waals surface area contributed by atoms with Crippen molar-refractivity contribution >= 4 is 0 Å². The van der Waals surface area contributed by atoms with Gasteiger partial charge in [-0.3, -0.25) is 0 Å². The molecule has 0 spiro atoms. The van der Waals surface area contributed by atoms with Crippen molar-refractivity contribution in [1.29, 1.82) is 0 Å². The lowest BCUT2D eigenvalue weighted by Gasteiger charge is -2.30. The highest BCUT2D eigenvalue weighted by Gasteiger charge is 2.16. The second-order valence-electron chi connectivity index (χ2n) is 5.30. The lowest BCUT2D eigenvalue weighted by atomic mass is 10.2. The average Bonchev–Trinajstić information content (AvgIpc) is 2.48. The van der Waals surface area contributed by atoms with Crippen molar-refractivity contribution in [2.75, 3.05) is 47.0 Å². The molecule has 0 aliphatic carbocycles. The van der Waals surface area contributed by atoms with Gasteiger partial charge in [-0.15, -0.1) is 0 Å². The first-order valence-corrected chi connectivity index (χ1v) is 7.53. The summed E-state index contributed by atoms with van der Waals surface area (Å²) in [4.78, 5) is 2.30. The first-order valence-electron chi connectivity index (χ1n) is 7.53. The Morgan fingerprint density at radius 2 is 2.24 bits per heavy atom. The maximum absolute atomic E-state index is 5.74. The SMILES string of the molecule is CCOc1cc(CNCC2CN(C)CCO2)ccc1OC. The summed E-state index contributed by atoms with van der Waals surface area (Å²) >= 11 is 0. The van der Waals surface area contributed by atoms with Crippen LogP contribution in [0, 0.1) is 0 Å². The number of nitrogens with zero attached hydrogens (tertiary/aromatic N) is 1. The standard InChI is InChI=1S/C16H26N2O3/c1-4-20-16-9-13(5-6-15(16)19-3)10-17-11-14-12-18(2)7-8-21-14/h5-6,9,14,17H,4,7-8,10-12H2,1-3H3. The molecule has 1 aromatic carbocycles. The molecule has 1 saturated heterocycles. The Hall–Kier alpha value is -1.30. The molecule has 1 fully saturated rings. The molecule has 0 radical (unpaired) electrons. The van der Waals surface area contributed by atoms with E-state index < -0.39 is 0 Å². The fourth-order valence-electron chi connectivity index (χ4n) is 2.47. The van der Waals surface area contributed by atoms with Crippen molar-refractivity contribution in [3.05, 3.63) is 23.8 Å². The van der Waals surface area contributed by atoms with E-state index in [0.717, 1.165) is 44.3 Å². The molecular weight excluding hydrogens is 268 g/mol. The Kier molecular flexibility index (Phi) is 6.29. The summed E-state index contributed by atoms with van der Waals surface area (Å²) in [6, 6.07) is 6.04. The van der Waals surface area contributed by atoms with Crippen LogP contribution >= 0.6 is 0 Å². The number of hydrogen-bond donors (Lipinski definition) is 1. The summed E-state index contributed by atoms with van der Waals surface area (Å²) in [7, 11) is 3.79. The van der Waals surface area contributed by atoms with Crippen LogP contribution < -0.4 is 14.8 Å². The predicted octanol–water partition coefficient (Wildman–Crippen LogP) is 1.51. The van der Waals surface area contributed by atoms with E-state index in [2.05, 4.69) is 23.3 Å². The monoisotopic (exact) mass is 294 g/mol. The van der Waals surface area contributed by atoms with Crippen molar-refractivity contribution < 1.29 is 14.2 Å². The lowest BCUT2D eigenvalue weighted by Crippen LogP contribution is -2.44. The van der Waals surface area contributed by atoms with Gasteiger partial charge in [0.15, 0.2) is 11.5 Å². The maximum Gasteiger partial charge on any atom is 0.161 e. The molecule has 5 heteroatoms. The maximum atomic E-state index is 5.74. The minimum Gasteiger partial charge on any atom is -0.493 e. The van der Waals surface area contributed by atoms with Gasteiger partial charge in [0, 0.05) is 26.2 Å². The fraction of sp³-hybridized carbons (Fsp3) is 0.625. The molecule has 1 N–H and O–H groups in total. The molecule has 1 aliphatic heterocycles. The molecule has 118 valence electrons. The number of rotatable bonds is 7. The topological polar surface area (TPSA) is 43.0 Å². The quantitative estimate of drug-likeness (QED) is 0.826. The molecule has 21 heavy (non-hydrogen) atoms. The molecule has 1 unspecified atom stereocenters. The van der Waals surface area contributed by atoms with Gasteiger partial charge in [0.05, 0.1) is 26.4 Å². The average molecular weight is 294 g/mol. The smallest absolute Gasteiger partial charge is 0.161 e. The second kappa shape index (κ2) is 8.22. The van der Waals surface area contributed by atoms with Crippen LogP contribution in [0.3, 0.4) is 0 Å². The van der Waals surface area contributed by atoms with Crippen LogP contribution in [0.25, 0.3) is 0 Å². The van der Waals surface area contributed by atoms with Gasteiger partial charge in [-0.2, -0.15) is 0 Å². The van der Waals surface area contributed by atoms with Gasteiger partial charge in [-0.1, -0.05) is 6.07 Å². The summed E-state index contributed by atoms with van der Waals surface area (Å²) in [6.07, 6.45) is 0.272. The van der Waals surface area contributed by atoms with Crippen molar-refractivity contribution in [1.82, 2.24) is 10.2 Å². The van der Waals surface area contributed by atoms with E-state index in [1.54, 1.807) is 7.11 Å². The Morgan fingerprint density at radius 1 is 1.38 bits per heavy atom. The number of nitrogens with one attached hydrogen (secondary N) is 1. The van der Waals surface area contributed by atoms with Crippen LogP contribution in [-0.4, -0.2) is 58.0 Å². The number of hydrogen-bond acceptors (Lipinski definition) is 5. The van der Waals surface area contributed by atoms with Gasteiger partial charge in [0.2, 0.25) is 0 Å². The fourth-order valence-corrected chi connectivity index (χ4v) is 2.47. The number of benzene rings is 1. The van der Waals surface area contributed by atoms with Crippen molar-refractivity contribution in [3.8, 4) is 11.5 Å². The van der Waals surface area contributed by atoms with Crippen LogP contribution in [0.15, 0.2) is 18.2 Å². The Morgan fingerprint density at radius 3 is 2.95 bits per heavy atom. The largest absolute Gasteiger partial charge is 0.493 e. The van der Waals surface area contributed by atoms with Crippen LogP contribution in [0.2, 0.25) is 0 Å². The predicted molar refractivity (Wildman–Crippen MR) is 83.1 cm³/mol. The van der Waals surface area contributed by atoms with Gasteiger partial charge in [-0.25, -0.2) is 0 Å². The number of methoxy groups -OCH3 is 1. The Balaban J connectivity index is 1.83. The van der Waals surface area contributed by atoms with Crippen LogP contribution in [-0.2, 0) is 11.3 Å². The molecule has 2 rings (SSSR count). The van der Waals surface area contributed by atoms with Gasteiger partial charge >= 0.3 is 0 Å². The molecule has 5 nitrogen and oxygen atoms in total. The van der Waals surface area contributed by atoms with Crippen molar-refractivity contribution in [3.63, 3.8) is 0 Å². The van der Waals surface area contributed by atoms with E-state index in [0.29, 0.717) is 6.61 Å². The molecule has 0 amide bonds. The Labute approximate surface area is 127 Å². The molecule has 0 bridgehead atoms. The summed E-state index contributed by atoms with van der Waals surface area (Å²) in [5.41, 5.74) is 1.18. The van der Waals surface area contributed by atoms with E-state index in [-0.39, 0.29) is 6.10 Å². The van der Waals surface area contributed by atoms with Crippen LogP contribution in [0.1, 0.15) is 12.5 Å². The van der Waals surface area contributed by atoms with E-state index in [4.69, 9.17) is 14.2 Å². The molecule has 0 saturated carbocycles. The summed E-state index contributed by atoms with van der Waals surface area (Å²) in [5, 5.41) is 3.45. The highest BCUT2D eigenvalue weighted by Crippen LogP contribution is 2.27. The van der Waals surface area contributed by atoms with Crippen LogP contribution in [0.5, 0.6) is 11.5 Å². The van der Waals surface area contributed by atoms with Gasteiger partial charge in [0.25, 0.3) is 0 Å². The van der Waals surface area contributed by atoms with Gasteiger partial charge in [-0.05, 0) is 31.7 Å². The zero-order valence-electron chi connectivity index (χ0n) is 13.2. The minimum absolute atomic E-state index is 0.272. The van der Waals surface area contributed by atoms with Gasteiger partial charge < -0.3 is 24.4 Å². The molecule has 1 heterocycles. The van der Waals surface area contributed by atoms with Crippen molar-refractivity contribution in [2.45, 2.75) is 19.6 Å². The third kappa shape index (κ3) is 4.88. The summed E-state index contributed by atoms with van der Waals surface area (Å²) in [5.74, 6) is 1.57. The summed E-state index contributed by atoms with van der Waals surface area (Å²) < 4.78 is 16.6. The molecule has 0 aromatic heterocycles. The molecular formula is C16H26N2O3. The molecule has 1 atom stereocenters. The van der Waals surface area contributed by atoms with E-state index in [1.807, 2.05) is 19.1 Å². The highest BCUT2D eigenvalue weighted by atomic mass is 16.5. The van der Waals surface area contributed by atoms with E-state index in [9.17, 15) is 0 Å². The number of morpholine rings is 1. The first-order chi connectivity index (χ1) is 10.2. The first kappa shape index (κ1) is 16.1. The second-order valence-corrected chi connectivity index (χ2v) is 5.30.